The summed E-state index contributed by atoms with van der Waals surface area (Å²) < 4.78 is 6.24. The number of nitrogens with zero attached hydrogens (tertiary/aromatic N) is 3. The third-order valence-corrected chi connectivity index (χ3v) is 8.74. The van der Waals surface area contributed by atoms with Crippen molar-refractivity contribution in [3.63, 3.8) is 0 Å². The van der Waals surface area contributed by atoms with E-state index in [1.807, 2.05) is 0 Å². The number of aliphatic carboxylic acids is 1. The minimum absolute atomic E-state index is 0.170. The first kappa shape index (κ1) is 25.2. The van der Waals surface area contributed by atoms with Crippen LogP contribution in [-0.4, -0.2) is 64.6 Å². The number of amidine groups is 1. The van der Waals surface area contributed by atoms with Crippen molar-refractivity contribution < 1.29 is 19.5 Å². The minimum atomic E-state index is -0.684. The van der Waals surface area contributed by atoms with Gasteiger partial charge in [0.2, 0.25) is 0 Å². The molecule has 6 rings (SSSR count). The molecular weight excluding hydrogens is 478 g/mol. The number of rotatable bonds is 7. The van der Waals surface area contributed by atoms with Crippen molar-refractivity contribution in [2.24, 2.45) is 11.1 Å². The Morgan fingerprint density at radius 1 is 1.21 bits per heavy atom. The molecule has 3 heterocycles. The summed E-state index contributed by atoms with van der Waals surface area (Å²) in [5.41, 5.74) is 6.31. The Balaban J connectivity index is 1.14. The van der Waals surface area contributed by atoms with Crippen LogP contribution < -0.4 is 4.74 Å². The summed E-state index contributed by atoms with van der Waals surface area (Å²) in [6, 6.07) is 13.5. The zero-order chi connectivity index (χ0) is 26.4. The van der Waals surface area contributed by atoms with Crippen LogP contribution in [-0.2, 0) is 16.2 Å². The first-order chi connectivity index (χ1) is 18.4. The van der Waals surface area contributed by atoms with E-state index in [9.17, 15) is 9.90 Å². The highest BCUT2D eigenvalue weighted by Crippen LogP contribution is 2.49. The van der Waals surface area contributed by atoms with Crippen LogP contribution in [0.4, 0.5) is 0 Å². The van der Waals surface area contributed by atoms with E-state index in [0.717, 1.165) is 44.2 Å². The van der Waals surface area contributed by atoms with Crippen LogP contribution in [0.1, 0.15) is 68.6 Å². The van der Waals surface area contributed by atoms with Gasteiger partial charge in [-0.15, -0.1) is 0 Å². The molecule has 1 N–H and O–H groups in total. The van der Waals surface area contributed by atoms with Gasteiger partial charge >= 0.3 is 5.97 Å². The number of hydrogen-bond donors (Lipinski definition) is 1. The van der Waals surface area contributed by atoms with E-state index in [4.69, 9.17) is 9.57 Å². The first-order valence-corrected chi connectivity index (χ1v) is 14.2. The van der Waals surface area contributed by atoms with E-state index in [0.29, 0.717) is 25.4 Å². The molecule has 2 aromatic rings. The number of carbonyl (C=O) groups is 1. The molecule has 7 nitrogen and oxygen atoms in total. The van der Waals surface area contributed by atoms with Gasteiger partial charge in [-0.3, -0.25) is 9.69 Å². The number of benzene rings is 2. The van der Waals surface area contributed by atoms with Gasteiger partial charge in [0, 0.05) is 37.8 Å². The van der Waals surface area contributed by atoms with Crippen molar-refractivity contribution in [2.75, 3.05) is 26.2 Å². The molecule has 38 heavy (non-hydrogen) atoms. The van der Waals surface area contributed by atoms with E-state index in [1.165, 1.54) is 40.7 Å². The Morgan fingerprint density at radius 2 is 2.00 bits per heavy atom. The highest BCUT2D eigenvalue weighted by molar-refractivity contribution is 5.85. The van der Waals surface area contributed by atoms with Crippen LogP contribution in [0.25, 0.3) is 11.1 Å². The van der Waals surface area contributed by atoms with Crippen LogP contribution in [0.2, 0.25) is 0 Å². The summed E-state index contributed by atoms with van der Waals surface area (Å²) in [5, 5.41) is 13.9. The maximum atomic E-state index is 11.4. The number of carboxylic acids is 1. The Labute approximate surface area is 225 Å². The second-order valence-electron chi connectivity index (χ2n) is 11.8. The van der Waals surface area contributed by atoms with Crippen molar-refractivity contribution in [3.05, 3.63) is 53.1 Å². The molecule has 0 amide bonds. The van der Waals surface area contributed by atoms with Gasteiger partial charge in [-0.2, -0.15) is 0 Å². The zero-order valence-electron chi connectivity index (χ0n) is 22.8. The van der Waals surface area contributed by atoms with Crippen LogP contribution in [0, 0.1) is 12.8 Å². The maximum absolute atomic E-state index is 11.4. The quantitative estimate of drug-likeness (QED) is 0.529. The molecule has 2 unspecified atom stereocenters. The summed E-state index contributed by atoms with van der Waals surface area (Å²) in [6.07, 6.45) is 4.63. The SMILES string of the molecule is CCOc1cc(CN2CC3(CC(N4CCC(C(=O)O)CC4C)=NO3)C2)cc(C2CC2)c1-c1ccccc1C. The predicted molar refractivity (Wildman–Crippen MR) is 147 cm³/mol. The van der Waals surface area contributed by atoms with Crippen LogP contribution in [0.3, 0.4) is 0 Å². The summed E-state index contributed by atoms with van der Waals surface area (Å²) in [6.45, 7) is 10.3. The minimum Gasteiger partial charge on any atom is -0.493 e. The summed E-state index contributed by atoms with van der Waals surface area (Å²) in [5.74, 6) is 1.66. The molecule has 7 heteroatoms. The van der Waals surface area contributed by atoms with Gasteiger partial charge in [-0.25, -0.2) is 0 Å². The van der Waals surface area contributed by atoms with Gasteiger partial charge in [-0.05, 0) is 80.7 Å². The van der Waals surface area contributed by atoms with Gasteiger partial charge < -0.3 is 19.6 Å². The monoisotopic (exact) mass is 517 g/mol. The van der Waals surface area contributed by atoms with Crippen LogP contribution in [0.5, 0.6) is 5.75 Å². The molecular formula is C31H39N3O4. The number of piperidine rings is 1. The number of oxime groups is 1. The van der Waals surface area contributed by atoms with Gasteiger partial charge in [0.25, 0.3) is 0 Å². The number of carboxylic acid groups (broad SMARTS) is 1. The van der Waals surface area contributed by atoms with E-state index in [-0.39, 0.29) is 17.6 Å². The molecule has 3 aliphatic heterocycles. The summed E-state index contributed by atoms with van der Waals surface area (Å²) in [7, 11) is 0. The third kappa shape index (κ3) is 4.77. The van der Waals surface area contributed by atoms with Crippen molar-refractivity contribution in [3.8, 4) is 16.9 Å². The number of ether oxygens (including phenoxy) is 1. The second-order valence-corrected chi connectivity index (χ2v) is 11.8. The topological polar surface area (TPSA) is 74.6 Å². The van der Waals surface area contributed by atoms with Crippen molar-refractivity contribution >= 4 is 11.8 Å². The lowest BCUT2D eigenvalue weighted by Gasteiger charge is -2.46. The Morgan fingerprint density at radius 3 is 2.68 bits per heavy atom. The molecule has 1 spiro atoms. The molecule has 2 saturated heterocycles. The number of aryl methyl sites for hydroxylation is 1. The standard InChI is InChI=1S/C31H39N3O4/c1-4-37-27-15-22(14-26(23-9-10-23)29(27)25-8-6-5-7-20(25)2)17-33-18-31(19-33)16-28(32-38-31)34-12-11-24(30(35)36)13-21(34)3/h5-8,14-15,21,23-24H,4,9-13,16-19H2,1-3H3,(H,35,36). The Hall–Kier alpha value is -3.06. The van der Waals surface area contributed by atoms with Gasteiger partial charge in [0.05, 0.1) is 18.9 Å². The predicted octanol–water partition coefficient (Wildman–Crippen LogP) is 5.41. The lowest BCUT2D eigenvalue weighted by atomic mass is 9.87. The average Bonchev–Trinajstić information content (AvgIpc) is 3.63. The molecule has 1 aliphatic carbocycles. The number of likely N-dealkylation sites (tertiary alicyclic amines) is 2. The summed E-state index contributed by atoms with van der Waals surface area (Å²) >= 11 is 0. The van der Waals surface area contributed by atoms with E-state index < -0.39 is 5.97 Å². The molecule has 1 saturated carbocycles. The van der Waals surface area contributed by atoms with Crippen molar-refractivity contribution in [1.82, 2.24) is 9.80 Å². The van der Waals surface area contributed by atoms with E-state index >= 15 is 0 Å². The molecule has 2 atom stereocenters. The third-order valence-electron chi connectivity index (χ3n) is 8.74. The highest BCUT2D eigenvalue weighted by Gasteiger charge is 2.51. The maximum Gasteiger partial charge on any atom is 0.306 e. The fraction of sp³-hybridized carbons (Fsp3) is 0.548. The fourth-order valence-corrected chi connectivity index (χ4v) is 6.66. The molecule has 0 radical (unpaired) electrons. The first-order valence-electron chi connectivity index (χ1n) is 14.2. The molecule has 2 aromatic carbocycles. The fourth-order valence-electron chi connectivity index (χ4n) is 6.66. The number of hydrogen-bond acceptors (Lipinski definition) is 6. The molecule has 4 aliphatic rings. The Kier molecular flexibility index (Phi) is 6.58. The van der Waals surface area contributed by atoms with Crippen LogP contribution >= 0.6 is 0 Å². The van der Waals surface area contributed by atoms with Crippen molar-refractivity contribution in [1.29, 1.82) is 0 Å². The molecule has 202 valence electrons. The van der Waals surface area contributed by atoms with Gasteiger partial charge in [0.15, 0.2) is 5.60 Å². The van der Waals surface area contributed by atoms with E-state index in [1.54, 1.807) is 0 Å². The summed E-state index contributed by atoms with van der Waals surface area (Å²) in [4.78, 5) is 22.1. The van der Waals surface area contributed by atoms with Crippen LogP contribution in [0.15, 0.2) is 41.6 Å². The van der Waals surface area contributed by atoms with Gasteiger partial charge in [-0.1, -0.05) is 35.5 Å². The molecule has 3 fully saturated rings. The smallest absolute Gasteiger partial charge is 0.306 e. The zero-order valence-corrected chi connectivity index (χ0v) is 22.8. The van der Waals surface area contributed by atoms with E-state index in [2.05, 4.69) is 72.1 Å². The Bertz CT molecular complexity index is 1250. The highest BCUT2D eigenvalue weighted by atomic mass is 16.7. The van der Waals surface area contributed by atoms with Gasteiger partial charge in [0.1, 0.15) is 11.6 Å². The second kappa shape index (κ2) is 9.92. The lowest BCUT2D eigenvalue weighted by molar-refractivity contribution is -0.143. The normalized spacial score (nSPS) is 24.6. The lowest BCUT2D eigenvalue weighted by Crippen LogP contribution is -2.61. The largest absolute Gasteiger partial charge is 0.493 e. The molecule has 0 aromatic heterocycles. The van der Waals surface area contributed by atoms with Crippen molar-refractivity contribution in [2.45, 2.75) is 77.0 Å². The average molecular weight is 518 g/mol. The molecule has 0 bridgehead atoms.